The highest BCUT2D eigenvalue weighted by atomic mass is 19.1. The van der Waals surface area contributed by atoms with Gasteiger partial charge in [0.1, 0.15) is 5.82 Å². The summed E-state index contributed by atoms with van der Waals surface area (Å²) in [5.74, 6) is -2.43. The first-order valence-electron chi connectivity index (χ1n) is 6.37. The van der Waals surface area contributed by atoms with Crippen molar-refractivity contribution in [3.8, 4) is 0 Å². The second-order valence-corrected chi connectivity index (χ2v) is 4.74. The van der Waals surface area contributed by atoms with Crippen LogP contribution in [0.2, 0.25) is 0 Å². The van der Waals surface area contributed by atoms with Gasteiger partial charge < -0.3 is 14.7 Å². The minimum absolute atomic E-state index is 0.0169. The van der Waals surface area contributed by atoms with E-state index in [2.05, 4.69) is 0 Å². The van der Waals surface area contributed by atoms with E-state index in [4.69, 9.17) is 9.84 Å². The second kappa shape index (κ2) is 6.00. The van der Waals surface area contributed by atoms with Gasteiger partial charge in [-0.05, 0) is 24.6 Å². The largest absolute Gasteiger partial charge is 0.480 e. The Morgan fingerprint density at radius 1 is 1.50 bits per heavy atom. The molecule has 1 amide bonds. The van der Waals surface area contributed by atoms with Gasteiger partial charge >= 0.3 is 5.97 Å². The molecular formula is C14H16FNO4. The molecule has 2 rings (SSSR count). The fraction of sp³-hybridized carbons (Fsp3) is 0.429. The molecule has 0 radical (unpaired) electrons. The van der Waals surface area contributed by atoms with Crippen LogP contribution in [0.15, 0.2) is 24.3 Å². The lowest BCUT2D eigenvalue weighted by molar-refractivity contribution is -0.158. The first kappa shape index (κ1) is 14.5. The van der Waals surface area contributed by atoms with E-state index >= 15 is 0 Å². The van der Waals surface area contributed by atoms with Crippen LogP contribution in [0, 0.1) is 5.82 Å². The molecule has 0 aliphatic carbocycles. The Balaban J connectivity index is 2.18. The van der Waals surface area contributed by atoms with E-state index in [1.165, 1.54) is 23.1 Å². The van der Waals surface area contributed by atoms with Crippen LogP contribution in [0.1, 0.15) is 18.4 Å². The van der Waals surface area contributed by atoms with Crippen molar-refractivity contribution in [3.05, 3.63) is 35.6 Å². The van der Waals surface area contributed by atoms with Crippen molar-refractivity contribution >= 4 is 11.9 Å². The number of nitrogens with zero attached hydrogens (tertiary/aromatic N) is 1. The smallest absolute Gasteiger partial charge is 0.328 e. The summed E-state index contributed by atoms with van der Waals surface area (Å²) in [6.07, 6.45) is 0. The van der Waals surface area contributed by atoms with Crippen LogP contribution >= 0.6 is 0 Å². The van der Waals surface area contributed by atoms with Crippen molar-refractivity contribution < 1.29 is 23.8 Å². The van der Waals surface area contributed by atoms with Gasteiger partial charge in [-0.25, -0.2) is 9.18 Å². The van der Waals surface area contributed by atoms with Gasteiger partial charge in [0.25, 0.3) is 0 Å². The first-order chi connectivity index (χ1) is 9.50. The van der Waals surface area contributed by atoms with E-state index < -0.39 is 23.7 Å². The first-order valence-corrected chi connectivity index (χ1v) is 6.37. The Hall–Kier alpha value is -1.95. The molecule has 0 spiro atoms. The van der Waals surface area contributed by atoms with E-state index in [1.54, 1.807) is 13.0 Å². The Morgan fingerprint density at radius 2 is 2.25 bits per heavy atom. The van der Waals surface area contributed by atoms with Crippen LogP contribution in [0.5, 0.6) is 0 Å². The maximum atomic E-state index is 13.2. The second-order valence-electron chi connectivity index (χ2n) is 4.74. The zero-order valence-electron chi connectivity index (χ0n) is 11.1. The van der Waals surface area contributed by atoms with Crippen molar-refractivity contribution in [2.45, 2.75) is 18.9 Å². The van der Waals surface area contributed by atoms with Gasteiger partial charge in [-0.15, -0.1) is 0 Å². The quantitative estimate of drug-likeness (QED) is 0.905. The summed E-state index contributed by atoms with van der Waals surface area (Å²) in [4.78, 5) is 24.9. The van der Waals surface area contributed by atoms with Gasteiger partial charge in [-0.3, -0.25) is 4.79 Å². The maximum Gasteiger partial charge on any atom is 0.328 e. The van der Waals surface area contributed by atoms with E-state index in [9.17, 15) is 14.0 Å². The molecule has 1 aromatic carbocycles. The number of halogens is 1. The highest BCUT2D eigenvalue weighted by Crippen LogP contribution is 2.21. The SMILES string of the molecule is C[C@H](C(=O)N1CCOC[C@H]1C(=O)O)c1cccc(F)c1. The number of carboxylic acid groups (broad SMARTS) is 1. The number of morpholine rings is 1. The van der Waals surface area contributed by atoms with Crippen LogP contribution in [0.25, 0.3) is 0 Å². The number of aliphatic carboxylic acids is 1. The van der Waals surface area contributed by atoms with Crippen molar-refractivity contribution in [1.29, 1.82) is 0 Å². The van der Waals surface area contributed by atoms with E-state index in [0.717, 1.165) is 0 Å². The molecular weight excluding hydrogens is 265 g/mol. The van der Waals surface area contributed by atoms with E-state index in [0.29, 0.717) is 12.2 Å². The summed E-state index contributed by atoms with van der Waals surface area (Å²) in [5, 5.41) is 9.12. The van der Waals surface area contributed by atoms with Crippen molar-refractivity contribution in [3.63, 3.8) is 0 Å². The van der Waals surface area contributed by atoms with Crippen molar-refractivity contribution in [2.24, 2.45) is 0 Å². The lowest BCUT2D eigenvalue weighted by atomic mass is 9.98. The van der Waals surface area contributed by atoms with E-state index in [1.807, 2.05) is 0 Å². The average molecular weight is 281 g/mol. The van der Waals surface area contributed by atoms with Gasteiger partial charge in [-0.1, -0.05) is 12.1 Å². The molecule has 0 aromatic heterocycles. The molecule has 2 atom stereocenters. The minimum atomic E-state index is -1.09. The monoisotopic (exact) mass is 281 g/mol. The summed E-state index contributed by atoms with van der Waals surface area (Å²) in [6.45, 7) is 2.17. The number of carboxylic acids is 1. The van der Waals surface area contributed by atoms with Gasteiger partial charge in [0.05, 0.1) is 19.1 Å². The average Bonchev–Trinajstić information content (AvgIpc) is 2.45. The number of amides is 1. The van der Waals surface area contributed by atoms with Crippen LogP contribution in [0.4, 0.5) is 4.39 Å². The molecule has 0 unspecified atom stereocenters. The molecule has 0 saturated carbocycles. The van der Waals surface area contributed by atoms with Gasteiger partial charge in [0, 0.05) is 6.54 Å². The third-order valence-corrected chi connectivity index (χ3v) is 3.42. The van der Waals surface area contributed by atoms with Crippen molar-refractivity contribution in [2.75, 3.05) is 19.8 Å². The van der Waals surface area contributed by atoms with Crippen LogP contribution < -0.4 is 0 Å². The third-order valence-electron chi connectivity index (χ3n) is 3.42. The standard InChI is InChI=1S/C14H16FNO4/c1-9(10-3-2-4-11(15)7-10)13(17)16-5-6-20-8-12(16)14(18)19/h2-4,7,9,12H,5-6,8H2,1H3,(H,18,19)/t9-,12-/m0/s1. The van der Waals surface area contributed by atoms with Crippen LogP contribution in [-0.2, 0) is 14.3 Å². The fourth-order valence-corrected chi connectivity index (χ4v) is 2.24. The van der Waals surface area contributed by atoms with Crippen LogP contribution in [-0.4, -0.2) is 47.7 Å². The Bertz CT molecular complexity index is 520. The minimum Gasteiger partial charge on any atom is -0.480 e. The van der Waals surface area contributed by atoms with Gasteiger partial charge in [-0.2, -0.15) is 0 Å². The van der Waals surface area contributed by atoms with E-state index in [-0.39, 0.29) is 19.1 Å². The van der Waals surface area contributed by atoms with Gasteiger partial charge in [0.2, 0.25) is 5.91 Å². The lowest BCUT2D eigenvalue weighted by Crippen LogP contribution is -2.53. The number of rotatable bonds is 3. The Kier molecular flexibility index (Phi) is 4.34. The zero-order chi connectivity index (χ0) is 14.7. The summed E-state index contributed by atoms with van der Waals surface area (Å²) >= 11 is 0. The molecule has 0 bridgehead atoms. The molecule has 1 N–H and O–H groups in total. The number of benzene rings is 1. The maximum absolute atomic E-state index is 13.2. The highest BCUT2D eigenvalue weighted by molar-refractivity contribution is 5.88. The lowest BCUT2D eigenvalue weighted by Gasteiger charge is -2.34. The zero-order valence-corrected chi connectivity index (χ0v) is 11.1. The predicted octanol–water partition coefficient (Wildman–Crippen LogP) is 1.24. The third kappa shape index (κ3) is 2.96. The van der Waals surface area contributed by atoms with Crippen molar-refractivity contribution in [1.82, 2.24) is 4.90 Å². The Morgan fingerprint density at radius 3 is 2.90 bits per heavy atom. The molecule has 1 aliphatic rings. The Labute approximate surface area is 116 Å². The normalized spacial score (nSPS) is 20.5. The summed E-state index contributed by atoms with van der Waals surface area (Å²) in [6, 6.07) is 4.80. The number of carbonyl (C=O) groups is 2. The van der Waals surface area contributed by atoms with Gasteiger partial charge in [0.15, 0.2) is 6.04 Å². The molecule has 20 heavy (non-hydrogen) atoms. The number of hydrogen-bond donors (Lipinski definition) is 1. The molecule has 108 valence electrons. The highest BCUT2D eigenvalue weighted by Gasteiger charge is 2.35. The molecule has 5 nitrogen and oxygen atoms in total. The molecule has 1 heterocycles. The summed E-state index contributed by atoms with van der Waals surface area (Å²) < 4.78 is 18.3. The van der Waals surface area contributed by atoms with Crippen LogP contribution in [0.3, 0.4) is 0 Å². The summed E-state index contributed by atoms with van der Waals surface area (Å²) in [5.41, 5.74) is 0.533. The fourth-order valence-electron chi connectivity index (χ4n) is 2.24. The summed E-state index contributed by atoms with van der Waals surface area (Å²) in [7, 11) is 0. The number of ether oxygens (including phenoxy) is 1. The molecule has 6 heteroatoms. The molecule has 1 aliphatic heterocycles. The predicted molar refractivity (Wildman–Crippen MR) is 68.8 cm³/mol. The topological polar surface area (TPSA) is 66.8 Å². The number of hydrogen-bond acceptors (Lipinski definition) is 3. The molecule has 1 fully saturated rings. The number of carbonyl (C=O) groups excluding carboxylic acids is 1. The molecule has 1 aromatic rings. The molecule has 1 saturated heterocycles.